The molecule has 1 saturated heterocycles. The highest BCUT2D eigenvalue weighted by Gasteiger charge is 2.32. The van der Waals surface area contributed by atoms with Crippen LogP contribution in [0.1, 0.15) is 29.8 Å². The molecule has 0 spiro atoms. The van der Waals surface area contributed by atoms with E-state index in [1.807, 2.05) is 0 Å². The fraction of sp³-hybridized carbons (Fsp3) is 0.533. The Balaban J connectivity index is 0.00000264. The number of nitrogens with zero attached hydrogens (tertiary/aromatic N) is 2. The lowest BCUT2D eigenvalue weighted by atomic mass is 10.1. The summed E-state index contributed by atoms with van der Waals surface area (Å²) < 4.78 is 38.3. The average Bonchev–Trinajstić information content (AvgIpc) is 2.46. The van der Waals surface area contributed by atoms with Crippen molar-refractivity contribution in [2.45, 2.75) is 26.1 Å². The molecule has 0 aliphatic carbocycles. The first-order valence-electron chi connectivity index (χ1n) is 7.20. The molecule has 9 heteroatoms. The van der Waals surface area contributed by atoms with Gasteiger partial charge in [-0.3, -0.25) is 9.69 Å². The van der Waals surface area contributed by atoms with E-state index >= 15 is 0 Å². The van der Waals surface area contributed by atoms with Crippen LogP contribution in [0.4, 0.5) is 18.9 Å². The number of hydrogen-bond acceptors (Lipinski definition) is 3. The molecule has 138 valence electrons. The fourth-order valence-electron chi connectivity index (χ4n) is 2.53. The van der Waals surface area contributed by atoms with Crippen molar-refractivity contribution in [3.63, 3.8) is 0 Å². The minimum atomic E-state index is -4.49. The van der Waals surface area contributed by atoms with Gasteiger partial charge in [0.25, 0.3) is 5.91 Å². The van der Waals surface area contributed by atoms with E-state index in [4.69, 9.17) is 5.73 Å². The summed E-state index contributed by atoms with van der Waals surface area (Å²) in [6.45, 7) is 6.55. The van der Waals surface area contributed by atoms with Gasteiger partial charge in [-0.05, 0) is 32.0 Å². The summed E-state index contributed by atoms with van der Waals surface area (Å²) >= 11 is 0. The number of rotatable bonds is 2. The largest absolute Gasteiger partial charge is 0.416 e. The van der Waals surface area contributed by atoms with Gasteiger partial charge in [0.1, 0.15) is 0 Å². The third-order valence-electron chi connectivity index (χ3n) is 3.94. The second kappa shape index (κ2) is 8.78. The number of halogens is 5. The van der Waals surface area contributed by atoms with Gasteiger partial charge < -0.3 is 10.6 Å². The van der Waals surface area contributed by atoms with Gasteiger partial charge in [0.2, 0.25) is 0 Å². The van der Waals surface area contributed by atoms with E-state index in [2.05, 4.69) is 18.7 Å². The molecule has 4 nitrogen and oxygen atoms in total. The minimum absolute atomic E-state index is 0. The predicted molar refractivity (Wildman–Crippen MR) is 93.0 cm³/mol. The molecule has 2 N–H and O–H groups in total. The highest BCUT2D eigenvalue weighted by Crippen LogP contribution is 2.31. The number of nitrogens with two attached hydrogens (primary N) is 1. The first kappa shape index (κ1) is 22.8. The number of piperazine rings is 1. The van der Waals surface area contributed by atoms with Gasteiger partial charge in [-0.25, -0.2) is 0 Å². The highest BCUT2D eigenvalue weighted by atomic mass is 35.5. The Morgan fingerprint density at radius 2 is 1.67 bits per heavy atom. The molecule has 1 aliphatic rings. The zero-order valence-corrected chi connectivity index (χ0v) is 15.1. The van der Waals surface area contributed by atoms with Crippen molar-refractivity contribution in [3.05, 3.63) is 29.3 Å². The number of benzene rings is 1. The van der Waals surface area contributed by atoms with Crippen molar-refractivity contribution in [3.8, 4) is 0 Å². The summed E-state index contributed by atoms with van der Waals surface area (Å²) in [6, 6.07) is 3.26. The maximum Gasteiger partial charge on any atom is 0.416 e. The van der Waals surface area contributed by atoms with E-state index in [-0.39, 0.29) is 36.1 Å². The molecule has 0 aromatic heterocycles. The van der Waals surface area contributed by atoms with Crippen LogP contribution in [0.2, 0.25) is 0 Å². The molecule has 2 rings (SSSR count). The standard InChI is InChI=1S/C15H20F3N3O.2ClH/c1-10(2)20-5-7-21(8-6-20)14(22)12-9-11(15(16,17)18)3-4-13(12)19;;/h3-4,9-10H,5-8,19H2,1-2H3;2*1H. The number of carbonyl (C=O) groups excluding carboxylic acids is 1. The Hall–Kier alpha value is -1.18. The SMILES string of the molecule is CC(C)N1CCN(C(=O)c2cc(C(F)(F)F)ccc2N)CC1.Cl.Cl. The summed E-state index contributed by atoms with van der Waals surface area (Å²) in [4.78, 5) is 16.2. The van der Waals surface area contributed by atoms with Crippen LogP contribution in [0.3, 0.4) is 0 Å². The van der Waals surface area contributed by atoms with Crippen LogP contribution < -0.4 is 5.73 Å². The molecule has 1 amide bonds. The molecule has 0 saturated carbocycles. The number of nitrogen functional groups attached to an aromatic ring is 1. The van der Waals surface area contributed by atoms with E-state index in [9.17, 15) is 18.0 Å². The van der Waals surface area contributed by atoms with Crippen molar-refractivity contribution in [1.82, 2.24) is 9.80 Å². The zero-order valence-electron chi connectivity index (χ0n) is 13.5. The maximum atomic E-state index is 12.8. The summed E-state index contributed by atoms with van der Waals surface area (Å²) in [6.07, 6.45) is -4.49. The van der Waals surface area contributed by atoms with Crippen molar-refractivity contribution < 1.29 is 18.0 Å². The topological polar surface area (TPSA) is 49.6 Å². The summed E-state index contributed by atoms with van der Waals surface area (Å²) in [5.74, 6) is -0.438. The monoisotopic (exact) mass is 387 g/mol. The Kier molecular flexibility index (Phi) is 8.35. The van der Waals surface area contributed by atoms with Crippen molar-refractivity contribution in [2.75, 3.05) is 31.9 Å². The summed E-state index contributed by atoms with van der Waals surface area (Å²) in [5.41, 5.74) is 4.83. The van der Waals surface area contributed by atoms with E-state index in [1.165, 1.54) is 0 Å². The zero-order chi connectivity index (χ0) is 16.5. The second-order valence-electron chi connectivity index (χ2n) is 5.72. The van der Waals surface area contributed by atoms with Crippen molar-refractivity contribution >= 4 is 36.4 Å². The van der Waals surface area contributed by atoms with Crippen LogP contribution in [0.25, 0.3) is 0 Å². The van der Waals surface area contributed by atoms with Crippen LogP contribution in [0, 0.1) is 0 Å². The van der Waals surface area contributed by atoms with Gasteiger partial charge in [-0.2, -0.15) is 13.2 Å². The van der Waals surface area contributed by atoms with Crippen LogP contribution in [0.5, 0.6) is 0 Å². The molecular weight excluding hydrogens is 366 g/mol. The minimum Gasteiger partial charge on any atom is -0.398 e. The Bertz CT molecular complexity index is 559. The molecule has 0 radical (unpaired) electrons. The molecule has 0 atom stereocenters. The van der Waals surface area contributed by atoms with Crippen LogP contribution in [-0.4, -0.2) is 47.9 Å². The lowest BCUT2D eigenvalue weighted by Crippen LogP contribution is -2.50. The van der Waals surface area contributed by atoms with Gasteiger partial charge in [0, 0.05) is 37.9 Å². The third kappa shape index (κ3) is 5.16. The van der Waals surface area contributed by atoms with Crippen molar-refractivity contribution in [1.29, 1.82) is 0 Å². The van der Waals surface area contributed by atoms with E-state index in [1.54, 1.807) is 4.90 Å². The Morgan fingerprint density at radius 1 is 1.12 bits per heavy atom. The Morgan fingerprint density at radius 3 is 2.12 bits per heavy atom. The van der Waals surface area contributed by atoms with Gasteiger partial charge in [0.05, 0.1) is 11.1 Å². The normalized spacial score (nSPS) is 15.7. The summed E-state index contributed by atoms with van der Waals surface area (Å²) in [5, 5.41) is 0. The summed E-state index contributed by atoms with van der Waals surface area (Å²) in [7, 11) is 0. The number of hydrogen-bond donors (Lipinski definition) is 1. The number of amides is 1. The maximum absolute atomic E-state index is 12.8. The highest BCUT2D eigenvalue weighted by molar-refractivity contribution is 5.99. The van der Waals surface area contributed by atoms with E-state index in [0.717, 1.165) is 18.2 Å². The molecule has 1 fully saturated rings. The van der Waals surface area contributed by atoms with Crippen LogP contribution >= 0.6 is 24.8 Å². The first-order chi connectivity index (χ1) is 10.2. The molecule has 1 heterocycles. The van der Waals surface area contributed by atoms with E-state index < -0.39 is 17.6 Å². The average molecular weight is 388 g/mol. The lowest BCUT2D eigenvalue weighted by Gasteiger charge is -2.37. The van der Waals surface area contributed by atoms with Crippen molar-refractivity contribution in [2.24, 2.45) is 0 Å². The van der Waals surface area contributed by atoms with Gasteiger partial charge in [-0.15, -0.1) is 24.8 Å². The Labute approximate surface area is 152 Å². The molecule has 0 bridgehead atoms. The predicted octanol–water partition coefficient (Wildman–Crippen LogP) is 3.30. The van der Waals surface area contributed by atoms with Gasteiger partial charge >= 0.3 is 6.18 Å². The molecule has 1 aromatic carbocycles. The van der Waals surface area contributed by atoms with Crippen LogP contribution in [0.15, 0.2) is 18.2 Å². The number of carbonyl (C=O) groups is 1. The quantitative estimate of drug-likeness (QED) is 0.792. The van der Waals surface area contributed by atoms with Gasteiger partial charge in [0.15, 0.2) is 0 Å². The van der Waals surface area contributed by atoms with Crippen LogP contribution in [-0.2, 0) is 6.18 Å². The smallest absolute Gasteiger partial charge is 0.398 e. The first-order valence-corrected chi connectivity index (χ1v) is 7.20. The molecule has 0 unspecified atom stereocenters. The lowest BCUT2D eigenvalue weighted by molar-refractivity contribution is -0.137. The fourth-order valence-corrected chi connectivity index (χ4v) is 2.53. The third-order valence-corrected chi connectivity index (χ3v) is 3.94. The van der Waals surface area contributed by atoms with E-state index in [0.29, 0.717) is 32.2 Å². The second-order valence-corrected chi connectivity index (χ2v) is 5.72. The molecule has 1 aliphatic heterocycles. The number of anilines is 1. The van der Waals surface area contributed by atoms with Gasteiger partial charge in [-0.1, -0.05) is 0 Å². The molecule has 24 heavy (non-hydrogen) atoms. The molecule has 1 aromatic rings. The molecular formula is C15H22Cl2F3N3O. The number of alkyl halides is 3.